The van der Waals surface area contributed by atoms with Crippen LogP contribution in [0.25, 0.3) is 0 Å². The van der Waals surface area contributed by atoms with E-state index in [0.29, 0.717) is 19.4 Å². The molecule has 7 heteroatoms. The molecule has 7 nitrogen and oxygen atoms in total. The van der Waals surface area contributed by atoms with E-state index in [9.17, 15) is 14.9 Å². The minimum absolute atomic E-state index is 0.0516. The Hall–Kier alpha value is -2.15. The first-order chi connectivity index (χ1) is 10.5. The molecule has 22 heavy (non-hydrogen) atoms. The van der Waals surface area contributed by atoms with Crippen LogP contribution in [0.15, 0.2) is 24.3 Å². The number of aliphatic carboxylic acids is 1. The van der Waals surface area contributed by atoms with Crippen molar-refractivity contribution in [2.75, 3.05) is 13.2 Å². The van der Waals surface area contributed by atoms with Crippen LogP contribution in [0.2, 0.25) is 0 Å². The summed E-state index contributed by atoms with van der Waals surface area (Å²) in [4.78, 5) is 21.3. The van der Waals surface area contributed by atoms with E-state index >= 15 is 0 Å². The highest BCUT2D eigenvalue weighted by Gasteiger charge is 2.17. The van der Waals surface area contributed by atoms with Crippen molar-refractivity contribution in [3.8, 4) is 5.75 Å². The molecule has 0 aromatic heterocycles. The maximum absolute atomic E-state index is 10.9. The predicted octanol–water partition coefficient (Wildman–Crippen LogP) is 2.44. The fraction of sp³-hybridized carbons (Fsp3) is 0.533. The molecule has 0 fully saturated rings. The summed E-state index contributed by atoms with van der Waals surface area (Å²) in [7, 11) is 0. The molecule has 1 aromatic carbocycles. The fourth-order valence-electron chi connectivity index (χ4n) is 2.07. The minimum atomic E-state index is -0.870. The third-order valence-corrected chi connectivity index (χ3v) is 3.57. The lowest BCUT2D eigenvalue weighted by molar-refractivity contribution is -0.385. The summed E-state index contributed by atoms with van der Waals surface area (Å²) in [6, 6.07) is 6.24. The van der Waals surface area contributed by atoms with Crippen molar-refractivity contribution in [3.05, 3.63) is 34.4 Å². The Kier molecular flexibility index (Phi) is 7.31. The van der Waals surface area contributed by atoms with Gasteiger partial charge in [-0.3, -0.25) is 14.9 Å². The van der Waals surface area contributed by atoms with E-state index in [-0.39, 0.29) is 23.9 Å². The normalized spacial score (nSPS) is 13.4. The Labute approximate surface area is 129 Å². The average molecular weight is 310 g/mol. The van der Waals surface area contributed by atoms with E-state index < -0.39 is 16.8 Å². The minimum Gasteiger partial charge on any atom is -0.487 e. The first kappa shape index (κ1) is 17.9. The molecule has 2 unspecified atom stereocenters. The second kappa shape index (κ2) is 8.99. The molecule has 0 aliphatic heterocycles. The number of carboxylic acids is 1. The number of nitro benzene ring substituents is 1. The van der Waals surface area contributed by atoms with E-state index in [1.165, 1.54) is 6.07 Å². The largest absolute Gasteiger partial charge is 0.487 e. The molecule has 3 N–H and O–H groups in total. The van der Waals surface area contributed by atoms with Crippen LogP contribution in [-0.4, -0.2) is 29.2 Å². The van der Waals surface area contributed by atoms with Gasteiger partial charge >= 0.3 is 11.7 Å². The van der Waals surface area contributed by atoms with Crippen LogP contribution in [-0.2, 0) is 4.79 Å². The van der Waals surface area contributed by atoms with Crippen molar-refractivity contribution < 1.29 is 19.6 Å². The Morgan fingerprint density at radius 1 is 1.36 bits per heavy atom. The highest BCUT2D eigenvalue weighted by molar-refractivity contribution is 5.70. The smallest absolute Gasteiger partial charge is 0.310 e. The highest BCUT2D eigenvalue weighted by atomic mass is 16.6. The molecule has 0 amide bonds. The third-order valence-electron chi connectivity index (χ3n) is 3.57. The summed E-state index contributed by atoms with van der Waals surface area (Å²) in [6.07, 6.45) is 1.95. The van der Waals surface area contributed by atoms with Gasteiger partial charge in [0.05, 0.1) is 17.4 Å². The van der Waals surface area contributed by atoms with Crippen molar-refractivity contribution in [2.24, 2.45) is 17.6 Å². The zero-order chi connectivity index (χ0) is 16.5. The van der Waals surface area contributed by atoms with Gasteiger partial charge in [0.2, 0.25) is 0 Å². The zero-order valence-corrected chi connectivity index (χ0v) is 12.6. The van der Waals surface area contributed by atoms with Gasteiger partial charge in [-0.15, -0.1) is 0 Å². The van der Waals surface area contributed by atoms with Crippen LogP contribution in [0.4, 0.5) is 5.69 Å². The summed E-state index contributed by atoms with van der Waals surface area (Å²) >= 11 is 0. The molecule has 0 bridgehead atoms. The Balaban J connectivity index is 2.38. The predicted molar refractivity (Wildman–Crippen MR) is 81.8 cm³/mol. The molecule has 0 radical (unpaired) electrons. The molecule has 0 aliphatic rings. The summed E-state index contributed by atoms with van der Waals surface area (Å²) in [6.45, 7) is 2.49. The Morgan fingerprint density at radius 2 is 2.05 bits per heavy atom. The van der Waals surface area contributed by atoms with Crippen LogP contribution < -0.4 is 10.5 Å². The SMILES string of the molecule is CC(CCOc1ccccc1[N+](=O)[O-])CCC(CN)C(=O)O. The number of rotatable bonds is 10. The molecule has 0 spiro atoms. The number of para-hydroxylation sites is 2. The van der Waals surface area contributed by atoms with Gasteiger partial charge in [0.15, 0.2) is 5.75 Å². The van der Waals surface area contributed by atoms with Crippen LogP contribution >= 0.6 is 0 Å². The van der Waals surface area contributed by atoms with Gasteiger partial charge in [-0.1, -0.05) is 19.1 Å². The summed E-state index contributed by atoms with van der Waals surface area (Å²) < 4.78 is 5.47. The standard InChI is InChI=1S/C15H22N2O5/c1-11(6-7-12(10-16)15(18)19)8-9-22-14-5-3-2-4-13(14)17(20)21/h2-5,11-12H,6-10,16H2,1H3,(H,18,19). The number of hydrogen-bond donors (Lipinski definition) is 2. The van der Waals surface area contributed by atoms with E-state index in [2.05, 4.69) is 0 Å². The fourth-order valence-corrected chi connectivity index (χ4v) is 2.07. The summed E-state index contributed by atoms with van der Waals surface area (Å²) in [5.41, 5.74) is 5.36. The lowest BCUT2D eigenvalue weighted by Gasteiger charge is -2.15. The number of nitrogens with two attached hydrogens (primary N) is 1. The average Bonchev–Trinajstić information content (AvgIpc) is 2.47. The number of nitrogens with zero attached hydrogens (tertiary/aromatic N) is 1. The number of nitro groups is 1. The molecule has 2 atom stereocenters. The van der Waals surface area contributed by atoms with E-state index in [0.717, 1.165) is 6.42 Å². The molecule has 122 valence electrons. The van der Waals surface area contributed by atoms with Crippen molar-refractivity contribution in [2.45, 2.75) is 26.2 Å². The molecule has 1 aromatic rings. The number of carbonyl (C=O) groups is 1. The lowest BCUT2D eigenvalue weighted by Crippen LogP contribution is -2.23. The lowest BCUT2D eigenvalue weighted by atomic mass is 9.95. The van der Waals surface area contributed by atoms with Gasteiger partial charge in [-0.25, -0.2) is 0 Å². The molecule has 1 rings (SSSR count). The second-order valence-corrected chi connectivity index (χ2v) is 5.32. The molecule has 0 aliphatic carbocycles. The van der Waals surface area contributed by atoms with E-state index in [1.807, 2.05) is 6.92 Å². The van der Waals surface area contributed by atoms with Gasteiger partial charge in [-0.05, 0) is 31.2 Å². The van der Waals surface area contributed by atoms with Crippen LogP contribution in [0.1, 0.15) is 26.2 Å². The number of hydrogen-bond acceptors (Lipinski definition) is 5. The second-order valence-electron chi connectivity index (χ2n) is 5.32. The summed E-state index contributed by atoms with van der Waals surface area (Å²) in [5, 5.41) is 19.8. The quantitative estimate of drug-likeness (QED) is 0.506. The Morgan fingerprint density at radius 3 is 2.64 bits per heavy atom. The van der Waals surface area contributed by atoms with Crippen molar-refractivity contribution in [1.29, 1.82) is 0 Å². The molecular weight excluding hydrogens is 288 g/mol. The van der Waals surface area contributed by atoms with Crippen molar-refractivity contribution in [3.63, 3.8) is 0 Å². The molecule has 0 heterocycles. The number of carboxylic acid groups (broad SMARTS) is 1. The first-order valence-corrected chi connectivity index (χ1v) is 7.24. The van der Waals surface area contributed by atoms with Gasteiger partial charge in [0.1, 0.15) is 0 Å². The first-order valence-electron chi connectivity index (χ1n) is 7.24. The topological polar surface area (TPSA) is 116 Å². The monoisotopic (exact) mass is 310 g/mol. The number of benzene rings is 1. The van der Waals surface area contributed by atoms with Gasteiger partial charge in [-0.2, -0.15) is 0 Å². The van der Waals surface area contributed by atoms with Crippen LogP contribution in [0.3, 0.4) is 0 Å². The van der Waals surface area contributed by atoms with E-state index in [1.54, 1.807) is 18.2 Å². The van der Waals surface area contributed by atoms with E-state index in [4.69, 9.17) is 15.6 Å². The van der Waals surface area contributed by atoms with Crippen LogP contribution in [0.5, 0.6) is 5.75 Å². The van der Waals surface area contributed by atoms with Gasteiger partial charge in [0, 0.05) is 12.6 Å². The van der Waals surface area contributed by atoms with Crippen molar-refractivity contribution >= 4 is 11.7 Å². The van der Waals surface area contributed by atoms with Gasteiger partial charge < -0.3 is 15.6 Å². The van der Waals surface area contributed by atoms with Gasteiger partial charge in [0.25, 0.3) is 0 Å². The Bertz CT molecular complexity index is 506. The molecule has 0 saturated carbocycles. The third kappa shape index (κ3) is 5.69. The summed E-state index contributed by atoms with van der Waals surface area (Å²) in [5.74, 6) is -0.870. The van der Waals surface area contributed by atoms with Crippen molar-refractivity contribution in [1.82, 2.24) is 0 Å². The molecule has 0 saturated heterocycles. The van der Waals surface area contributed by atoms with Crippen LogP contribution in [0, 0.1) is 22.0 Å². The number of ether oxygens (including phenoxy) is 1. The zero-order valence-electron chi connectivity index (χ0n) is 12.6. The maximum Gasteiger partial charge on any atom is 0.310 e. The molecular formula is C15H22N2O5. The highest BCUT2D eigenvalue weighted by Crippen LogP contribution is 2.26. The maximum atomic E-state index is 10.9.